The van der Waals surface area contributed by atoms with Crippen molar-refractivity contribution in [1.29, 1.82) is 0 Å². The highest BCUT2D eigenvalue weighted by Gasteiger charge is 2.60. The van der Waals surface area contributed by atoms with Crippen molar-refractivity contribution in [3.05, 3.63) is 71.8 Å². The average molecular weight is 459 g/mol. The molecule has 8 heteroatoms. The number of hydrogen-bond acceptors (Lipinski definition) is 8. The predicted octanol–water partition coefficient (Wildman–Crippen LogP) is 2.55. The quantitative estimate of drug-likeness (QED) is 0.678. The zero-order valence-electron chi connectivity index (χ0n) is 18.6. The number of aliphatic hydroxyl groups is 1. The third kappa shape index (κ3) is 4.84. The number of rotatable bonds is 7. The minimum atomic E-state index is -1.51. The van der Waals surface area contributed by atoms with E-state index < -0.39 is 42.8 Å². The van der Waals surface area contributed by atoms with Crippen molar-refractivity contribution in [2.45, 2.75) is 55.8 Å². The van der Waals surface area contributed by atoms with Gasteiger partial charge in [-0.1, -0.05) is 60.7 Å². The highest BCUT2D eigenvalue weighted by atomic mass is 16.8. The first-order valence-electron chi connectivity index (χ1n) is 11.3. The van der Waals surface area contributed by atoms with Gasteiger partial charge in [0.1, 0.15) is 23.9 Å². The van der Waals surface area contributed by atoms with Crippen LogP contribution in [0.15, 0.2) is 60.7 Å². The van der Waals surface area contributed by atoms with Crippen LogP contribution in [0.3, 0.4) is 0 Å². The normalized spacial score (nSPS) is 34.8. The van der Waals surface area contributed by atoms with Gasteiger partial charge in [-0.05, 0) is 5.56 Å². The summed E-state index contributed by atoms with van der Waals surface area (Å²) in [6, 6.07) is 19.4. The van der Waals surface area contributed by atoms with Gasteiger partial charge in [0, 0.05) is 19.1 Å². The molecule has 0 radical (unpaired) electrons. The fraction of sp³-hybridized carbons (Fsp3) is 0.520. The van der Waals surface area contributed by atoms with Crippen LogP contribution in [-0.2, 0) is 39.8 Å². The minimum Gasteiger partial charge on any atom is -0.384 e. The zero-order chi connectivity index (χ0) is 22.7. The van der Waals surface area contributed by atoms with Gasteiger partial charge in [0.15, 0.2) is 18.9 Å². The SMILES string of the molecule is CO[C@H]1O[C@@H]2CO[C@@H](c3ccccc3)O[C@H]2[C@](O)(CC2OCCO2)[C@H]1OCc1ccccc1. The van der Waals surface area contributed by atoms with E-state index in [4.69, 9.17) is 33.2 Å². The second-order valence-corrected chi connectivity index (χ2v) is 8.49. The lowest BCUT2D eigenvalue weighted by Crippen LogP contribution is -2.71. The molecule has 178 valence electrons. The van der Waals surface area contributed by atoms with Gasteiger partial charge in [0.2, 0.25) is 0 Å². The molecule has 5 rings (SSSR count). The Kier molecular flexibility index (Phi) is 7.05. The highest BCUT2D eigenvalue weighted by molar-refractivity contribution is 5.18. The van der Waals surface area contributed by atoms with Crippen LogP contribution in [0.25, 0.3) is 0 Å². The van der Waals surface area contributed by atoms with Crippen LogP contribution in [-0.4, -0.2) is 68.5 Å². The van der Waals surface area contributed by atoms with Crippen molar-refractivity contribution in [3.8, 4) is 0 Å². The molecule has 0 amide bonds. The maximum absolute atomic E-state index is 12.2. The Morgan fingerprint density at radius 2 is 1.64 bits per heavy atom. The van der Waals surface area contributed by atoms with E-state index in [-0.39, 0.29) is 19.6 Å². The smallest absolute Gasteiger partial charge is 0.186 e. The molecular weight excluding hydrogens is 428 g/mol. The Morgan fingerprint density at radius 1 is 0.939 bits per heavy atom. The molecule has 0 spiro atoms. The first-order valence-corrected chi connectivity index (χ1v) is 11.3. The fourth-order valence-electron chi connectivity index (χ4n) is 4.69. The van der Waals surface area contributed by atoms with Gasteiger partial charge >= 0.3 is 0 Å². The van der Waals surface area contributed by atoms with Crippen molar-refractivity contribution in [1.82, 2.24) is 0 Å². The molecule has 0 aromatic heterocycles. The average Bonchev–Trinajstić information content (AvgIpc) is 3.37. The van der Waals surface area contributed by atoms with Crippen LogP contribution < -0.4 is 0 Å². The molecule has 3 aliphatic rings. The molecule has 33 heavy (non-hydrogen) atoms. The van der Waals surface area contributed by atoms with Crippen LogP contribution in [0, 0.1) is 0 Å². The van der Waals surface area contributed by atoms with Crippen LogP contribution >= 0.6 is 0 Å². The summed E-state index contributed by atoms with van der Waals surface area (Å²) in [6.45, 7) is 1.47. The maximum Gasteiger partial charge on any atom is 0.186 e. The number of methoxy groups -OCH3 is 1. The summed E-state index contributed by atoms with van der Waals surface area (Å²) in [7, 11) is 1.53. The van der Waals surface area contributed by atoms with E-state index in [1.807, 2.05) is 60.7 Å². The standard InChI is InChI=1S/C25H30O8/c1-27-24-22(30-15-17-8-4-2-5-9-17)25(26,14-20-28-12-13-29-20)21-19(32-24)16-31-23(33-21)18-10-6-3-7-11-18/h2-11,19-24,26H,12-16H2,1H3/t19-,21-,22+,23-,24+,25-/m1/s1. The number of fused-ring (bicyclic) bond motifs is 1. The predicted molar refractivity (Wildman–Crippen MR) is 116 cm³/mol. The van der Waals surface area contributed by atoms with Crippen molar-refractivity contribution >= 4 is 0 Å². The summed E-state index contributed by atoms with van der Waals surface area (Å²) in [4.78, 5) is 0. The van der Waals surface area contributed by atoms with E-state index in [9.17, 15) is 5.11 Å². The summed E-state index contributed by atoms with van der Waals surface area (Å²) >= 11 is 0. The fourth-order valence-corrected chi connectivity index (χ4v) is 4.69. The molecule has 0 bridgehead atoms. The van der Waals surface area contributed by atoms with Crippen molar-refractivity contribution < 1.29 is 38.3 Å². The van der Waals surface area contributed by atoms with Crippen molar-refractivity contribution in [3.63, 3.8) is 0 Å². The van der Waals surface area contributed by atoms with Crippen LogP contribution in [0.2, 0.25) is 0 Å². The monoisotopic (exact) mass is 458 g/mol. The topological polar surface area (TPSA) is 84.8 Å². The molecule has 8 nitrogen and oxygen atoms in total. The largest absolute Gasteiger partial charge is 0.384 e. The van der Waals surface area contributed by atoms with Crippen molar-refractivity contribution in [2.24, 2.45) is 0 Å². The van der Waals surface area contributed by atoms with E-state index in [2.05, 4.69) is 0 Å². The molecule has 3 aliphatic heterocycles. The highest BCUT2D eigenvalue weighted by Crippen LogP contribution is 2.43. The van der Waals surface area contributed by atoms with E-state index in [0.29, 0.717) is 13.2 Å². The summed E-state index contributed by atoms with van der Waals surface area (Å²) in [5.41, 5.74) is 0.326. The molecule has 3 heterocycles. The number of ether oxygens (including phenoxy) is 7. The zero-order valence-corrected chi connectivity index (χ0v) is 18.6. The van der Waals surface area contributed by atoms with E-state index in [0.717, 1.165) is 11.1 Å². The summed E-state index contributed by atoms with van der Waals surface area (Å²) < 4.78 is 41.7. The Bertz CT molecular complexity index is 866. The molecular formula is C25H30O8. The number of benzene rings is 2. The Labute approximate surface area is 193 Å². The van der Waals surface area contributed by atoms with Gasteiger partial charge in [0.05, 0.1) is 26.4 Å². The van der Waals surface area contributed by atoms with Gasteiger partial charge < -0.3 is 38.3 Å². The third-order valence-corrected chi connectivity index (χ3v) is 6.32. The third-order valence-electron chi connectivity index (χ3n) is 6.32. The Morgan fingerprint density at radius 3 is 2.33 bits per heavy atom. The van der Waals surface area contributed by atoms with E-state index in [1.165, 1.54) is 7.11 Å². The van der Waals surface area contributed by atoms with E-state index in [1.54, 1.807) is 0 Å². The second-order valence-electron chi connectivity index (χ2n) is 8.49. The summed E-state index contributed by atoms with van der Waals surface area (Å²) in [6.07, 6.45) is -4.00. The molecule has 1 N–H and O–H groups in total. The molecule has 0 aliphatic carbocycles. The summed E-state index contributed by atoms with van der Waals surface area (Å²) in [5, 5.41) is 12.2. The minimum absolute atomic E-state index is 0.151. The Balaban J connectivity index is 1.43. The van der Waals surface area contributed by atoms with Gasteiger partial charge in [-0.15, -0.1) is 0 Å². The number of hydrogen-bond donors (Lipinski definition) is 1. The van der Waals surface area contributed by atoms with Gasteiger partial charge in [-0.3, -0.25) is 0 Å². The molecule has 2 aromatic rings. The van der Waals surface area contributed by atoms with Crippen LogP contribution in [0.4, 0.5) is 0 Å². The molecule has 3 saturated heterocycles. The molecule has 3 fully saturated rings. The van der Waals surface area contributed by atoms with Crippen molar-refractivity contribution in [2.75, 3.05) is 26.9 Å². The van der Waals surface area contributed by atoms with Gasteiger partial charge in [-0.25, -0.2) is 0 Å². The van der Waals surface area contributed by atoms with Gasteiger partial charge in [-0.2, -0.15) is 0 Å². The lowest BCUT2D eigenvalue weighted by molar-refractivity contribution is -0.394. The van der Waals surface area contributed by atoms with Crippen LogP contribution in [0.5, 0.6) is 0 Å². The van der Waals surface area contributed by atoms with Gasteiger partial charge in [0.25, 0.3) is 0 Å². The molecule has 0 unspecified atom stereocenters. The lowest BCUT2D eigenvalue weighted by Gasteiger charge is -2.53. The van der Waals surface area contributed by atoms with Crippen LogP contribution in [0.1, 0.15) is 23.8 Å². The molecule has 0 saturated carbocycles. The summed E-state index contributed by atoms with van der Waals surface area (Å²) in [5.74, 6) is 0. The first-order chi connectivity index (χ1) is 16.2. The second kappa shape index (κ2) is 10.2. The molecule has 6 atom stereocenters. The Hall–Kier alpha value is -1.88. The maximum atomic E-state index is 12.2. The van der Waals surface area contributed by atoms with E-state index >= 15 is 0 Å². The first kappa shape index (κ1) is 22.9. The molecule has 2 aromatic carbocycles. The lowest BCUT2D eigenvalue weighted by atomic mass is 9.80.